The van der Waals surface area contributed by atoms with E-state index in [2.05, 4.69) is 25.9 Å². The minimum absolute atomic E-state index is 0.128. The largest absolute Gasteiger partial charge is 0.497 e. The number of fused-ring (bicyclic) bond motifs is 2. The zero-order valence-corrected chi connectivity index (χ0v) is 17.0. The number of hydrogen-bond donors (Lipinski definition) is 0. The molecule has 146 valence electrons. The molecule has 2 bridgehead atoms. The summed E-state index contributed by atoms with van der Waals surface area (Å²) in [5.41, 5.74) is 0.199. The Bertz CT molecular complexity index is 797. The van der Waals surface area contributed by atoms with Crippen LogP contribution >= 0.6 is 0 Å². The average molecular weight is 372 g/mol. The Labute approximate surface area is 160 Å². The van der Waals surface area contributed by atoms with Gasteiger partial charge in [-0.15, -0.1) is 0 Å². The van der Waals surface area contributed by atoms with E-state index in [0.29, 0.717) is 17.7 Å². The van der Waals surface area contributed by atoms with Crippen molar-refractivity contribution >= 4 is 17.6 Å². The van der Waals surface area contributed by atoms with E-state index in [0.717, 1.165) is 18.6 Å². The standard InChI is InChI=1S/C21H28N2O4/c1-19(2)20(3)11-12-21(19,18(25)23(4)5)13-16(20)22-27-17(24)14-7-9-15(26-6)10-8-14/h7-10H,11-13H2,1-6H3/b22-16-. The molecule has 6 heteroatoms. The monoisotopic (exact) mass is 372 g/mol. The number of rotatable bonds is 4. The van der Waals surface area contributed by atoms with Crippen molar-refractivity contribution < 1.29 is 19.2 Å². The molecular weight excluding hydrogens is 344 g/mol. The summed E-state index contributed by atoms with van der Waals surface area (Å²) in [5, 5.41) is 4.24. The predicted octanol–water partition coefficient (Wildman–Crippen LogP) is 3.51. The number of ether oxygens (including phenoxy) is 1. The Morgan fingerprint density at radius 2 is 1.70 bits per heavy atom. The van der Waals surface area contributed by atoms with Crippen molar-refractivity contribution in [2.75, 3.05) is 21.2 Å². The van der Waals surface area contributed by atoms with Crippen molar-refractivity contribution in [2.24, 2.45) is 21.4 Å². The first-order valence-electron chi connectivity index (χ1n) is 9.23. The van der Waals surface area contributed by atoms with E-state index in [-0.39, 0.29) is 16.7 Å². The summed E-state index contributed by atoms with van der Waals surface area (Å²) in [4.78, 5) is 32.3. The van der Waals surface area contributed by atoms with Gasteiger partial charge < -0.3 is 14.5 Å². The van der Waals surface area contributed by atoms with Gasteiger partial charge in [0.1, 0.15) is 5.75 Å². The van der Waals surface area contributed by atoms with Gasteiger partial charge in [-0.1, -0.05) is 25.9 Å². The highest BCUT2D eigenvalue weighted by Gasteiger charge is 2.72. The second-order valence-corrected chi connectivity index (χ2v) is 8.56. The van der Waals surface area contributed by atoms with Crippen molar-refractivity contribution in [2.45, 2.75) is 40.0 Å². The van der Waals surface area contributed by atoms with Gasteiger partial charge in [0.25, 0.3) is 0 Å². The summed E-state index contributed by atoms with van der Waals surface area (Å²) in [6.45, 7) is 6.40. The molecule has 3 rings (SSSR count). The molecule has 2 saturated carbocycles. The van der Waals surface area contributed by atoms with E-state index in [1.807, 2.05) is 0 Å². The Morgan fingerprint density at radius 1 is 1.07 bits per heavy atom. The van der Waals surface area contributed by atoms with Crippen LogP contribution in [0.1, 0.15) is 50.4 Å². The number of carbonyl (C=O) groups is 2. The lowest BCUT2D eigenvalue weighted by molar-refractivity contribution is -0.144. The number of carbonyl (C=O) groups excluding carboxylic acids is 2. The lowest BCUT2D eigenvalue weighted by Crippen LogP contribution is -2.46. The maximum absolute atomic E-state index is 13.0. The molecule has 0 radical (unpaired) electrons. The third kappa shape index (κ3) is 2.65. The van der Waals surface area contributed by atoms with Crippen LogP contribution in [0.25, 0.3) is 0 Å². The van der Waals surface area contributed by atoms with E-state index in [4.69, 9.17) is 9.57 Å². The number of oxime groups is 1. The smallest absolute Gasteiger partial charge is 0.365 e. The average Bonchev–Trinajstić information content (AvgIpc) is 2.95. The number of nitrogens with zero attached hydrogens (tertiary/aromatic N) is 2. The van der Waals surface area contributed by atoms with Gasteiger partial charge in [-0.3, -0.25) is 4.79 Å². The molecule has 2 unspecified atom stereocenters. The third-order valence-electron chi connectivity index (χ3n) is 7.11. The first kappa shape index (κ1) is 19.4. The van der Waals surface area contributed by atoms with Crippen LogP contribution < -0.4 is 4.74 Å². The second kappa shape index (κ2) is 6.36. The van der Waals surface area contributed by atoms with Gasteiger partial charge in [-0.05, 0) is 42.5 Å². The molecule has 1 aromatic rings. The normalized spacial score (nSPS) is 29.6. The summed E-state index contributed by atoms with van der Waals surface area (Å²) in [6.07, 6.45) is 2.22. The van der Waals surface area contributed by atoms with Gasteiger partial charge in [-0.2, -0.15) is 0 Å². The second-order valence-electron chi connectivity index (χ2n) is 8.56. The molecule has 2 fully saturated rings. The van der Waals surface area contributed by atoms with Crippen LogP contribution in [0.4, 0.5) is 0 Å². The highest BCUT2D eigenvalue weighted by atomic mass is 16.7. The number of hydrogen-bond acceptors (Lipinski definition) is 5. The molecule has 2 aliphatic rings. The number of benzene rings is 1. The molecule has 2 atom stereocenters. The SMILES string of the molecule is COc1ccc(C(=O)O/N=C2/CC3(C(=O)N(C)C)CCC2(C)C3(C)C)cc1. The summed E-state index contributed by atoms with van der Waals surface area (Å²) >= 11 is 0. The molecule has 6 nitrogen and oxygen atoms in total. The van der Waals surface area contributed by atoms with Crippen LogP contribution in [0.5, 0.6) is 5.75 Å². The zero-order chi connectivity index (χ0) is 20.0. The van der Waals surface area contributed by atoms with Crippen LogP contribution in [0.2, 0.25) is 0 Å². The molecule has 0 aliphatic heterocycles. The first-order chi connectivity index (χ1) is 12.6. The van der Waals surface area contributed by atoms with Crippen LogP contribution in [0.3, 0.4) is 0 Å². The van der Waals surface area contributed by atoms with Crippen LogP contribution in [0.15, 0.2) is 29.4 Å². The van der Waals surface area contributed by atoms with Gasteiger partial charge >= 0.3 is 5.97 Å². The minimum Gasteiger partial charge on any atom is -0.497 e. The first-order valence-corrected chi connectivity index (χ1v) is 9.23. The maximum Gasteiger partial charge on any atom is 0.365 e. The van der Waals surface area contributed by atoms with E-state index in [1.54, 1.807) is 50.4 Å². The fourth-order valence-electron chi connectivity index (χ4n) is 4.80. The molecule has 0 saturated heterocycles. The molecule has 0 N–H and O–H groups in total. The zero-order valence-electron chi connectivity index (χ0n) is 17.0. The van der Waals surface area contributed by atoms with Crippen LogP contribution in [-0.4, -0.2) is 43.7 Å². The molecule has 0 heterocycles. The van der Waals surface area contributed by atoms with Gasteiger partial charge in [0.05, 0.1) is 23.8 Å². The summed E-state index contributed by atoms with van der Waals surface area (Å²) in [5.74, 6) is 0.287. The fourth-order valence-corrected chi connectivity index (χ4v) is 4.80. The summed E-state index contributed by atoms with van der Waals surface area (Å²) in [6, 6.07) is 6.70. The Morgan fingerprint density at radius 3 is 2.26 bits per heavy atom. The van der Waals surface area contributed by atoms with Crippen molar-refractivity contribution in [1.29, 1.82) is 0 Å². The van der Waals surface area contributed by atoms with Gasteiger partial charge in [0, 0.05) is 25.9 Å². The minimum atomic E-state index is -0.512. The van der Waals surface area contributed by atoms with E-state index >= 15 is 0 Å². The lowest BCUT2D eigenvalue weighted by Gasteiger charge is -2.40. The van der Waals surface area contributed by atoms with Crippen molar-refractivity contribution in [1.82, 2.24) is 4.90 Å². The number of amides is 1. The fraction of sp³-hybridized carbons (Fsp3) is 0.571. The predicted molar refractivity (Wildman–Crippen MR) is 103 cm³/mol. The van der Waals surface area contributed by atoms with Crippen LogP contribution in [0, 0.1) is 16.2 Å². The molecule has 1 amide bonds. The molecular formula is C21H28N2O4. The molecule has 2 aliphatic carbocycles. The highest BCUT2D eigenvalue weighted by Crippen LogP contribution is 2.71. The summed E-state index contributed by atoms with van der Waals surface area (Å²) in [7, 11) is 5.16. The molecule has 0 aromatic heterocycles. The van der Waals surface area contributed by atoms with Gasteiger partial charge in [0.15, 0.2) is 0 Å². The van der Waals surface area contributed by atoms with Crippen molar-refractivity contribution in [3.8, 4) is 5.75 Å². The quantitative estimate of drug-likeness (QED) is 0.599. The Kier molecular flexibility index (Phi) is 4.57. The van der Waals surface area contributed by atoms with Gasteiger partial charge in [-0.25, -0.2) is 4.79 Å². The van der Waals surface area contributed by atoms with Crippen LogP contribution in [-0.2, 0) is 9.63 Å². The molecule has 0 spiro atoms. The molecule has 27 heavy (non-hydrogen) atoms. The topological polar surface area (TPSA) is 68.2 Å². The number of methoxy groups -OCH3 is 1. The Hall–Kier alpha value is -2.37. The third-order valence-corrected chi connectivity index (χ3v) is 7.11. The van der Waals surface area contributed by atoms with E-state index in [1.165, 1.54) is 0 Å². The van der Waals surface area contributed by atoms with E-state index in [9.17, 15) is 9.59 Å². The van der Waals surface area contributed by atoms with Gasteiger partial charge in [0.2, 0.25) is 5.91 Å². The molecule has 1 aromatic carbocycles. The van der Waals surface area contributed by atoms with Crippen molar-refractivity contribution in [3.05, 3.63) is 29.8 Å². The summed E-state index contributed by atoms with van der Waals surface area (Å²) < 4.78 is 5.10. The lowest BCUT2D eigenvalue weighted by atomic mass is 9.64. The van der Waals surface area contributed by atoms with Crippen molar-refractivity contribution in [3.63, 3.8) is 0 Å². The Balaban J connectivity index is 1.85. The maximum atomic E-state index is 13.0. The van der Waals surface area contributed by atoms with E-state index < -0.39 is 11.4 Å². The highest BCUT2D eigenvalue weighted by molar-refractivity contribution is 6.02.